The molecule has 0 aliphatic heterocycles. The van der Waals surface area contributed by atoms with E-state index in [0.717, 1.165) is 0 Å². The van der Waals surface area contributed by atoms with Crippen molar-refractivity contribution in [3.63, 3.8) is 0 Å². The van der Waals surface area contributed by atoms with E-state index in [0.29, 0.717) is 11.3 Å². The van der Waals surface area contributed by atoms with Crippen molar-refractivity contribution >= 4 is 11.7 Å². The number of methoxy groups -OCH3 is 1. The van der Waals surface area contributed by atoms with Gasteiger partial charge in [-0.2, -0.15) is 0 Å². The third-order valence-electron chi connectivity index (χ3n) is 2.54. The molecule has 0 atom stereocenters. The summed E-state index contributed by atoms with van der Waals surface area (Å²) in [6, 6.07) is 11.9. The standard InChI is InChI=1S/C14H11NO5/c1-19-12-6-2-4-10(8-12)14(16)20-13-7-3-5-11(9-13)15(17)18/h2-9H,1H3. The van der Waals surface area contributed by atoms with Gasteiger partial charge in [0.25, 0.3) is 5.69 Å². The van der Waals surface area contributed by atoms with Gasteiger partial charge in [-0.25, -0.2) is 4.79 Å². The summed E-state index contributed by atoms with van der Waals surface area (Å²) >= 11 is 0. The highest BCUT2D eigenvalue weighted by atomic mass is 16.6. The molecule has 0 aromatic heterocycles. The molecular formula is C14H11NO5. The van der Waals surface area contributed by atoms with Crippen molar-refractivity contribution < 1.29 is 19.2 Å². The van der Waals surface area contributed by atoms with Crippen LogP contribution in [0.2, 0.25) is 0 Å². The highest BCUT2D eigenvalue weighted by Gasteiger charge is 2.12. The predicted octanol–water partition coefficient (Wildman–Crippen LogP) is 2.82. The number of non-ortho nitro benzene ring substituents is 1. The maximum atomic E-state index is 11.9. The number of esters is 1. The van der Waals surface area contributed by atoms with E-state index in [4.69, 9.17) is 9.47 Å². The Labute approximate surface area is 114 Å². The maximum Gasteiger partial charge on any atom is 0.343 e. The summed E-state index contributed by atoms with van der Waals surface area (Å²) in [5, 5.41) is 10.6. The second-order valence-electron chi connectivity index (χ2n) is 3.88. The molecule has 20 heavy (non-hydrogen) atoms. The largest absolute Gasteiger partial charge is 0.497 e. The zero-order chi connectivity index (χ0) is 14.5. The molecule has 0 unspecified atom stereocenters. The van der Waals surface area contributed by atoms with Gasteiger partial charge in [-0.15, -0.1) is 0 Å². The third kappa shape index (κ3) is 3.11. The van der Waals surface area contributed by atoms with Crippen molar-refractivity contribution in [1.29, 1.82) is 0 Å². The zero-order valence-corrected chi connectivity index (χ0v) is 10.6. The van der Waals surface area contributed by atoms with Crippen LogP contribution in [0, 0.1) is 10.1 Å². The molecule has 6 heteroatoms. The predicted molar refractivity (Wildman–Crippen MR) is 71.0 cm³/mol. The number of benzene rings is 2. The molecule has 0 bridgehead atoms. The van der Waals surface area contributed by atoms with Crippen molar-refractivity contribution in [1.82, 2.24) is 0 Å². The Morgan fingerprint density at radius 3 is 2.50 bits per heavy atom. The number of nitro groups is 1. The first-order valence-corrected chi connectivity index (χ1v) is 5.71. The minimum absolute atomic E-state index is 0.118. The maximum absolute atomic E-state index is 11.9. The van der Waals surface area contributed by atoms with Crippen LogP contribution in [-0.4, -0.2) is 18.0 Å². The molecule has 0 aliphatic carbocycles. The number of hydrogen-bond donors (Lipinski definition) is 0. The lowest BCUT2D eigenvalue weighted by atomic mass is 10.2. The number of carbonyl (C=O) groups is 1. The van der Waals surface area contributed by atoms with Gasteiger partial charge in [-0.05, 0) is 24.3 Å². The molecule has 0 N–H and O–H groups in total. The monoisotopic (exact) mass is 273 g/mol. The van der Waals surface area contributed by atoms with Crippen LogP contribution in [0.15, 0.2) is 48.5 Å². The normalized spacial score (nSPS) is 9.85. The number of rotatable bonds is 4. The SMILES string of the molecule is COc1cccc(C(=O)Oc2cccc([N+](=O)[O-])c2)c1. The van der Waals surface area contributed by atoms with Gasteiger partial charge in [0.15, 0.2) is 0 Å². The first kappa shape index (κ1) is 13.5. The average Bonchev–Trinajstić information content (AvgIpc) is 2.47. The van der Waals surface area contributed by atoms with Gasteiger partial charge < -0.3 is 9.47 Å². The van der Waals surface area contributed by atoms with E-state index in [-0.39, 0.29) is 11.4 Å². The number of carbonyl (C=O) groups excluding carboxylic acids is 1. The fourth-order valence-electron chi connectivity index (χ4n) is 1.58. The van der Waals surface area contributed by atoms with Gasteiger partial charge in [-0.1, -0.05) is 12.1 Å². The van der Waals surface area contributed by atoms with Crippen LogP contribution >= 0.6 is 0 Å². The molecule has 0 aliphatic rings. The van der Waals surface area contributed by atoms with Crippen molar-refractivity contribution in [2.24, 2.45) is 0 Å². The zero-order valence-electron chi connectivity index (χ0n) is 10.6. The first-order valence-electron chi connectivity index (χ1n) is 5.71. The fourth-order valence-corrected chi connectivity index (χ4v) is 1.58. The minimum Gasteiger partial charge on any atom is -0.497 e. The van der Waals surface area contributed by atoms with Crippen LogP contribution in [0.1, 0.15) is 10.4 Å². The van der Waals surface area contributed by atoms with Gasteiger partial charge in [-0.3, -0.25) is 10.1 Å². The molecule has 0 spiro atoms. The van der Waals surface area contributed by atoms with Crippen molar-refractivity contribution in [2.45, 2.75) is 0 Å². The second kappa shape index (κ2) is 5.83. The number of nitrogens with zero attached hydrogens (tertiary/aromatic N) is 1. The highest BCUT2D eigenvalue weighted by Crippen LogP contribution is 2.21. The lowest BCUT2D eigenvalue weighted by Gasteiger charge is -2.05. The Hall–Kier alpha value is -2.89. The summed E-state index contributed by atoms with van der Waals surface area (Å²) in [5.74, 6) is 0.0370. The van der Waals surface area contributed by atoms with E-state index in [2.05, 4.69) is 0 Å². The molecule has 6 nitrogen and oxygen atoms in total. The Kier molecular flexibility index (Phi) is 3.95. The lowest BCUT2D eigenvalue weighted by Crippen LogP contribution is -2.08. The highest BCUT2D eigenvalue weighted by molar-refractivity contribution is 5.91. The minimum atomic E-state index is -0.607. The molecule has 0 saturated heterocycles. The molecule has 102 valence electrons. The van der Waals surface area contributed by atoms with Crippen LogP contribution in [-0.2, 0) is 0 Å². The fraction of sp³-hybridized carbons (Fsp3) is 0.0714. The second-order valence-corrected chi connectivity index (χ2v) is 3.88. The van der Waals surface area contributed by atoms with E-state index in [9.17, 15) is 14.9 Å². The van der Waals surface area contributed by atoms with Crippen molar-refractivity contribution in [2.75, 3.05) is 7.11 Å². The van der Waals surface area contributed by atoms with E-state index in [1.165, 1.54) is 37.4 Å². The van der Waals surface area contributed by atoms with E-state index >= 15 is 0 Å². The quantitative estimate of drug-likeness (QED) is 0.370. The first-order chi connectivity index (χ1) is 9.60. The van der Waals surface area contributed by atoms with Crippen LogP contribution in [0.4, 0.5) is 5.69 Å². The molecule has 0 radical (unpaired) electrons. The average molecular weight is 273 g/mol. The van der Waals surface area contributed by atoms with Gasteiger partial charge >= 0.3 is 5.97 Å². The Balaban J connectivity index is 2.18. The Morgan fingerprint density at radius 2 is 1.80 bits per heavy atom. The van der Waals surface area contributed by atoms with Crippen LogP contribution in [0.3, 0.4) is 0 Å². The lowest BCUT2D eigenvalue weighted by molar-refractivity contribution is -0.384. The summed E-state index contributed by atoms with van der Waals surface area (Å²) in [6.45, 7) is 0. The number of nitro benzene ring substituents is 1. The third-order valence-corrected chi connectivity index (χ3v) is 2.54. The van der Waals surface area contributed by atoms with E-state index < -0.39 is 10.9 Å². The van der Waals surface area contributed by atoms with Crippen LogP contribution < -0.4 is 9.47 Å². The summed E-state index contributed by atoms with van der Waals surface area (Å²) < 4.78 is 10.1. The Bertz CT molecular complexity index is 654. The number of hydrogen-bond acceptors (Lipinski definition) is 5. The Morgan fingerprint density at radius 1 is 1.10 bits per heavy atom. The molecule has 2 rings (SSSR count). The summed E-state index contributed by atoms with van der Waals surface area (Å²) in [4.78, 5) is 22.0. The van der Waals surface area contributed by atoms with Gasteiger partial charge in [0, 0.05) is 6.07 Å². The topological polar surface area (TPSA) is 78.7 Å². The van der Waals surface area contributed by atoms with E-state index in [1.54, 1.807) is 18.2 Å². The van der Waals surface area contributed by atoms with Crippen LogP contribution in [0.5, 0.6) is 11.5 Å². The molecular weight excluding hydrogens is 262 g/mol. The van der Waals surface area contributed by atoms with Gasteiger partial charge in [0.05, 0.1) is 23.7 Å². The summed E-state index contributed by atoms with van der Waals surface area (Å²) in [7, 11) is 1.49. The van der Waals surface area contributed by atoms with Crippen LogP contribution in [0.25, 0.3) is 0 Å². The molecule has 0 amide bonds. The summed E-state index contributed by atoms with van der Waals surface area (Å²) in [5.41, 5.74) is 0.164. The van der Waals surface area contributed by atoms with Crippen molar-refractivity contribution in [3.05, 3.63) is 64.2 Å². The smallest absolute Gasteiger partial charge is 0.343 e. The van der Waals surface area contributed by atoms with E-state index in [1.807, 2.05) is 0 Å². The van der Waals surface area contributed by atoms with Gasteiger partial charge in [0.1, 0.15) is 11.5 Å². The van der Waals surface area contributed by atoms with Crippen molar-refractivity contribution in [3.8, 4) is 11.5 Å². The molecule has 0 fully saturated rings. The molecule has 2 aromatic rings. The molecule has 0 heterocycles. The van der Waals surface area contributed by atoms with Gasteiger partial charge in [0.2, 0.25) is 0 Å². The number of ether oxygens (including phenoxy) is 2. The molecule has 2 aromatic carbocycles. The summed E-state index contributed by atoms with van der Waals surface area (Å²) in [6.07, 6.45) is 0. The molecule has 0 saturated carbocycles.